The second-order valence-electron chi connectivity index (χ2n) is 4.31. The van der Waals surface area contributed by atoms with Crippen molar-refractivity contribution >= 4 is 44.8 Å². The van der Waals surface area contributed by atoms with E-state index in [0.29, 0.717) is 5.69 Å². The highest BCUT2D eigenvalue weighted by atomic mass is 35.5. The minimum absolute atomic E-state index is 0.0281. The average molecular weight is 359 g/mol. The summed E-state index contributed by atoms with van der Waals surface area (Å²) in [7, 11) is -3.93. The lowest BCUT2D eigenvalue weighted by molar-refractivity contribution is -0.115. The third kappa shape index (κ3) is 4.45. The third-order valence-electron chi connectivity index (χ3n) is 2.66. The predicted octanol–water partition coefficient (Wildman–Crippen LogP) is 2.91. The molecule has 0 fully saturated rings. The normalized spacial score (nSPS) is 11.2. The first-order valence-corrected chi connectivity index (χ1v) is 8.42. The van der Waals surface area contributed by atoms with Gasteiger partial charge in [0.2, 0.25) is 15.9 Å². The summed E-state index contributed by atoms with van der Waals surface area (Å²) in [6, 6.07) is 12.8. The second kappa shape index (κ2) is 7.11. The number of amides is 1. The van der Waals surface area contributed by atoms with Crippen LogP contribution in [-0.4, -0.2) is 20.9 Å². The van der Waals surface area contributed by atoms with Crippen LogP contribution in [0.15, 0.2) is 53.4 Å². The number of rotatable bonds is 5. The Morgan fingerprint density at radius 2 is 1.73 bits per heavy atom. The van der Waals surface area contributed by atoms with E-state index >= 15 is 0 Å². The fourth-order valence-corrected chi connectivity index (χ4v) is 3.39. The molecule has 1 amide bonds. The van der Waals surface area contributed by atoms with E-state index in [0.717, 1.165) is 0 Å². The molecule has 2 aromatic carbocycles. The number of hydrogen-bond acceptors (Lipinski definition) is 3. The van der Waals surface area contributed by atoms with Crippen LogP contribution in [0.5, 0.6) is 0 Å². The van der Waals surface area contributed by atoms with Crippen molar-refractivity contribution in [2.24, 2.45) is 0 Å². The van der Waals surface area contributed by atoms with E-state index in [4.69, 9.17) is 23.2 Å². The first-order valence-electron chi connectivity index (χ1n) is 6.18. The number of anilines is 1. The molecule has 116 valence electrons. The lowest BCUT2D eigenvalue weighted by Gasteiger charge is -2.09. The molecule has 8 heteroatoms. The van der Waals surface area contributed by atoms with E-state index in [9.17, 15) is 13.2 Å². The Labute approximate surface area is 138 Å². The molecule has 0 heterocycles. The topological polar surface area (TPSA) is 75.3 Å². The Hall–Kier alpha value is -1.60. The monoisotopic (exact) mass is 358 g/mol. The summed E-state index contributed by atoms with van der Waals surface area (Å²) in [4.78, 5) is 11.6. The van der Waals surface area contributed by atoms with E-state index < -0.39 is 22.5 Å². The van der Waals surface area contributed by atoms with Crippen molar-refractivity contribution in [3.05, 3.63) is 58.6 Å². The van der Waals surface area contributed by atoms with Gasteiger partial charge >= 0.3 is 0 Å². The molecular weight excluding hydrogens is 347 g/mol. The van der Waals surface area contributed by atoms with Crippen LogP contribution in [-0.2, 0) is 14.8 Å². The van der Waals surface area contributed by atoms with Crippen molar-refractivity contribution in [1.29, 1.82) is 0 Å². The Kier molecular flexibility index (Phi) is 5.42. The van der Waals surface area contributed by atoms with Gasteiger partial charge in [0.05, 0.1) is 11.6 Å². The first-order chi connectivity index (χ1) is 10.4. The van der Waals surface area contributed by atoms with Crippen molar-refractivity contribution in [3.8, 4) is 0 Å². The zero-order valence-corrected chi connectivity index (χ0v) is 13.5. The minimum Gasteiger partial charge on any atom is -0.325 e. The number of nitrogens with one attached hydrogen (secondary N) is 2. The molecule has 0 bridgehead atoms. The van der Waals surface area contributed by atoms with E-state index in [1.165, 1.54) is 18.2 Å². The molecule has 22 heavy (non-hydrogen) atoms. The lowest BCUT2D eigenvalue weighted by atomic mass is 10.3. The highest BCUT2D eigenvalue weighted by Gasteiger charge is 2.19. The molecule has 0 atom stereocenters. The Balaban J connectivity index is 2.04. The van der Waals surface area contributed by atoms with Gasteiger partial charge in [0, 0.05) is 10.7 Å². The average Bonchev–Trinajstić information content (AvgIpc) is 2.49. The Morgan fingerprint density at radius 1 is 1.05 bits per heavy atom. The van der Waals surface area contributed by atoms with Gasteiger partial charge in [-0.1, -0.05) is 41.4 Å². The van der Waals surface area contributed by atoms with Crippen LogP contribution in [0.2, 0.25) is 10.0 Å². The molecule has 0 aliphatic rings. The highest BCUT2D eigenvalue weighted by molar-refractivity contribution is 7.89. The van der Waals surface area contributed by atoms with Gasteiger partial charge in [-0.15, -0.1) is 0 Å². The second-order valence-corrected chi connectivity index (χ2v) is 6.89. The maximum Gasteiger partial charge on any atom is 0.242 e. The van der Waals surface area contributed by atoms with Crippen LogP contribution < -0.4 is 10.0 Å². The van der Waals surface area contributed by atoms with Gasteiger partial charge in [0.25, 0.3) is 0 Å². The molecule has 0 unspecified atom stereocenters. The van der Waals surface area contributed by atoms with Crippen LogP contribution in [0, 0.1) is 0 Å². The van der Waals surface area contributed by atoms with Crippen molar-refractivity contribution < 1.29 is 13.2 Å². The molecule has 2 aromatic rings. The summed E-state index contributed by atoms with van der Waals surface area (Å²) in [5.41, 5.74) is 0.576. The Morgan fingerprint density at radius 3 is 2.41 bits per heavy atom. The molecule has 0 saturated carbocycles. The highest BCUT2D eigenvalue weighted by Crippen LogP contribution is 2.24. The molecule has 0 aromatic heterocycles. The number of carbonyl (C=O) groups is 1. The Bertz CT molecular complexity index is 780. The van der Waals surface area contributed by atoms with Crippen LogP contribution >= 0.6 is 23.2 Å². The van der Waals surface area contributed by atoms with Crippen molar-refractivity contribution in [3.63, 3.8) is 0 Å². The van der Waals surface area contributed by atoms with Crippen molar-refractivity contribution in [2.75, 3.05) is 11.9 Å². The van der Waals surface area contributed by atoms with E-state index in [1.807, 2.05) is 0 Å². The van der Waals surface area contributed by atoms with Gasteiger partial charge in [-0.3, -0.25) is 4.79 Å². The number of hydrogen-bond donors (Lipinski definition) is 2. The van der Waals surface area contributed by atoms with E-state index in [1.54, 1.807) is 30.3 Å². The quantitative estimate of drug-likeness (QED) is 0.862. The van der Waals surface area contributed by atoms with Crippen LogP contribution in [0.25, 0.3) is 0 Å². The summed E-state index contributed by atoms with van der Waals surface area (Å²) in [6.07, 6.45) is 0. The minimum atomic E-state index is -3.93. The smallest absolute Gasteiger partial charge is 0.242 e. The fraction of sp³-hybridized carbons (Fsp3) is 0.0714. The fourth-order valence-electron chi connectivity index (χ4n) is 1.65. The molecule has 0 aliphatic carbocycles. The predicted molar refractivity (Wildman–Crippen MR) is 86.7 cm³/mol. The molecular formula is C14H12Cl2N2O3S. The van der Waals surface area contributed by atoms with E-state index in [2.05, 4.69) is 10.0 Å². The molecule has 0 saturated heterocycles. The molecule has 0 aliphatic heterocycles. The molecule has 0 radical (unpaired) electrons. The van der Waals surface area contributed by atoms with Gasteiger partial charge < -0.3 is 5.32 Å². The number of halogens is 2. The van der Waals surface area contributed by atoms with Crippen LogP contribution in [0.3, 0.4) is 0 Å². The molecule has 2 N–H and O–H groups in total. The lowest BCUT2D eigenvalue weighted by Crippen LogP contribution is -2.33. The molecule has 5 nitrogen and oxygen atoms in total. The van der Waals surface area contributed by atoms with Gasteiger partial charge in [-0.2, -0.15) is 0 Å². The van der Waals surface area contributed by atoms with E-state index in [-0.39, 0.29) is 14.9 Å². The maximum absolute atomic E-state index is 12.1. The zero-order chi connectivity index (χ0) is 16.2. The summed E-state index contributed by atoms with van der Waals surface area (Å²) in [5, 5.41) is 2.83. The number of benzene rings is 2. The van der Waals surface area contributed by atoms with Gasteiger partial charge in [-0.25, -0.2) is 13.1 Å². The van der Waals surface area contributed by atoms with Crippen LogP contribution in [0.4, 0.5) is 5.69 Å². The molecule has 0 spiro atoms. The summed E-state index contributed by atoms with van der Waals surface area (Å²) in [5.74, 6) is -0.493. The number of para-hydroxylation sites is 1. The summed E-state index contributed by atoms with van der Waals surface area (Å²) >= 11 is 11.6. The third-order valence-corrected chi connectivity index (χ3v) is 4.78. The zero-order valence-electron chi connectivity index (χ0n) is 11.2. The number of sulfonamides is 1. The van der Waals surface area contributed by atoms with Gasteiger partial charge in [0.1, 0.15) is 4.90 Å². The standard InChI is InChI=1S/C14H12Cl2N2O3S/c15-10-6-7-12(16)13(8-10)22(20,21)17-9-14(19)18-11-4-2-1-3-5-11/h1-8,17H,9H2,(H,18,19). The summed E-state index contributed by atoms with van der Waals surface area (Å²) in [6.45, 7) is -0.417. The SMILES string of the molecule is O=C(CNS(=O)(=O)c1cc(Cl)ccc1Cl)Nc1ccccc1. The number of carbonyl (C=O) groups excluding carboxylic acids is 1. The summed E-state index contributed by atoms with van der Waals surface area (Å²) < 4.78 is 26.4. The first kappa shape index (κ1) is 16.8. The maximum atomic E-state index is 12.1. The van der Waals surface area contributed by atoms with Gasteiger partial charge in [0.15, 0.2) is 0 Å². The molecule has 2 rings (SSSR count). The largest absolute Gasteiger partial charge is 0.325 e. The van der Waals surface area contributed by atoms with Crippen LogP contribution in [0.1, 0.15) is 0 Å². The van der Waals surface area contributed by atoms with Crippen molar-refractivity contribution in [1.82, 2.24) is 4.72 Å². The van der Waals surface area contributed by atoms with Gasteiger partial charge in [-0.05, 0) is 30.3 Å². The van der Waals surface area contributed by atoms with Crippen molar-refractivity contribution in [2.45, 2.75) is 4.90 Å².